The molecular weight excluding hydrogens is 282 g/mol. The number of furan rings is 1. The average molecular weight is 295 g/mol. The molecular formula is C17H13NO4. The summed E-state index contributed by atoms with van der Waals surface area (Å²) in [6.07, 6.45) is 4.80. The van der Waals surface area contributed by atoms with Gasteiger partial charge in [0, 0.05) is 5.57 Å². The first-order valence-corrected chi connectivity index (χ1v) is 6.71. The number of carboxylic acid groups (broad SMARTS) is 1. The van der Waals surface area contributed by atoms with Crippen molar-refractivity contribution in [3.8, 4) is 0 Å². The minimum atomic E-state index is -1.06. The largest absolute Gasteiger partial charge is 0.480 e. The lowest BCUT2D eigenvalue weighted by molar-refractivity contribution is -0.140. The fourth-order valence-electron chi connectivity index (χ4n) is 2.32. The lowest BCUT2D eigenvalue weighted by atomic mass is 10.1. The molecule has 0 spiro atoms. The zero-order chi connectivity index (χ0) is 15.5. The van der Waals surface area contributed by atoms with Gasteiger partial charge < -0.3 is 9.52 Å². The molecule has 0 unspecified atom stereocenters. The van der Waals surface area contributed by atoms with Gasteiger partial charge >= 0.3 is 5.97 Å². The number of carbonyl (C=O) groups is 2. The van der Waals surface area contributed by atoms with Gasteiger partial charge in [-0.1, -0.05) is 30.3 Å². The van der Waals surface area contributed by atoms with Crippen LogP contribution in [0, 0.1) is 0 Å². The molecule has 1 aromatic carbocycles. The van der Waals surface area contributed by atoms with Crippen LogP contribution < -0.4 is 0 Å². The number of aliphatic carboxylic acids is 1. The van der Waals surface area contributed by atoms with E-state index in [0.29, 0.717) is 17.0 Å². The third-order valence-corrected chi connectivity index (χ3v) is 3.28. The summed E-state index contributed by atoms with van der Waals surface area (Å²) >= 11 is 0. The van der Waals surface area contributed by atoms with Gasteiger partial charge in [-0.15, -0.1) is 0 Å². The Bertz CT molecular complexity index is 757. The Kier molecular flexibility index (Phi) is 3.62. The number of hydrogen-bond donors (Lipinski definition) is 1. The molecule has 2 heterocycles. The second kappa shape index (κ2) is 5.73. The molecule has 0 radical (unpaired) electrons. The molecule has 5 heteroatoms. The van der Waals surface area contributed by atoms with Crippen LogP contribution >= 0.6 is 0 Å². The van der Waals surface area contributed by atoms with Crippen molar-refractivity contribution in [3.63, 3.8) is 0 Å². The van der Waals surface area contributed by atoms with Crippen molar-refractivity contribution in [3.05, 3.63) is 71.7 Å². The molecule has 5 nitrogen and oxygen atoms in total. The van der Waals surface area contributed by atoms with Crippen LogP contribution in [-0.4, -0.2) is 28.4 Å². The fraction of sp³-hybridized carbons (Fsp3) is 0.0588. The molecule has 1 N–H and O–H groups in total. The zero-order valence-corrected chi connectivity index (χ0v) is 11.6. The smallest absolute Gasteiger partial charge is 0.323 e. The van der Waals surface area contributed by atoms with Gasteiger partial charge in [-0.05, 0) is 29.8 Å². The topological polar surface area (TPSA) is 70.8 Å². The van der Waals surface area contributed by atoms with Crippen LogP contribution in [0.1, 0.15) is 11.3 Å². The molecule has 0 fully saturated rings. The summed E-state index contributed by atoms with van der Waals surface area (Å²) in [6, 6.07) is 12.7. The van der Waals surface area contributed by atoms with Gasteiger partial charge in [-0.3, -0.25) is 14.5 Å². The van der Waals surface area contributed by atoms with E-state index in [0.717, 1.165) is 5.56 Å². The highest BCUT2D eigenvalue weighted by molar-refractivity contribution is 6.11. The van der Waals surface area contributed by atoms with Crippen molar-refractivity contribution < 1.29 is 19.1 Å². The number of benzene rings is 1. The van der Waals surface area contributed by atoms with Gasteiger partial charge in [0.15, 0.2) is 0 Å². The number of hydrogen-bond acceptors (Lipinski definition) is 3. The van der Waals surface area contributed by atoms with E-state index in [-0.39, 0.29) is 12.5 Å². The lowest BCUT2D eigenvalue weighted by Crippen LogP contribution is -2.31. The Balaban J connectivity index is 2.02. The van der Waals surface area contributed by atoms with Crippen LogP contribution in [0.3, 0.4) is 0 Å². The molecule has 0 atom stereocenters. The van der Waals surface area contributed by atoms with E-state index in [1.807, 2.05) is 30.3 Å². The quantitative estimate of drug-likeness (QED) is 0.880. The molecule has 1 amide bonds. The second-order valence-corrected chi connectivity index (χ2v) is 4.80. The molecule has 0 saturated carbocycles. The zero-order valence-electron chi connectivity index (χ0n) is 11.6. The van der Waals surface area contributed by atoms with Crippen molar-refractivity contribution >= 4 is 23.6 Å². The average Bonchev–Trinajstić information content (AvgIpc) is 3.11. The van der Waals surface area contributed by atoms with E-state index in [1.165, 1.54) is 11.2 Å². The van der Waals surface area contributed by atoms with E-state index >= 15 is 0 Å². The van der Waals surface area contributed by atoms with Crippen LogP contribution in [0.4, 0.5) is 0 Å². The van der Waals surface area contributed by atoms with Crippen molar-refractivity contribution in [2.45, 2.75) is 0 Å². The molecule has 110 valence electrons. The second-order valence-electron chi connectivity index (χ2n) is 4.80. The Hall–Kier alpha value is -3.08. The predicted molar refractivity (Wildman–Crippen MR) is 80.5 cm³/mol. The standard InChI is InChI=1S/C17H13NO4/c19-16(20)11-18-15(12-5-2-1-3-6-12)10-13(17(18)21)9-14-7-4-8-22-14/h1-10H,11H2,(H,19,20)/b13-9+. The van der Waals surface area contributed by atoms with Crippen molar-refractivity contribution in [1.29, 1.82) is 0 Å². The highest BCUT2D eigenvalue weighted by Gasteiger charge is 2.30. The molecule has 0 saturated heterocycles. The summed E-state index contributed by atoms with van der Waals surface area (Å²) in [7, 11) is 0. The molecule has 2 aromatic rings. The van der Waals surface area contributed by atoms with Crippen LogP contribution in [0.15, 0.2) is 64.8 Å². The molecule has 0 bridgehead atoms. The van der Waals surface area contributed by atoms with Gasteiger partial charge in [0.05, 0.1) is 12.0 Å². The number of nitrogens with zero attached hydrogens (tertiary/aromatic N) is 1. The third-order valence-electron chi connectivity index (χ3n) is 3.28. The minimum Gasteiger partial charge on any atom is -0.480 e. The van der Waals surface area contributed by atoms with Crippen LogP contribution in [0.2, 0.25) is 0 Å². The summed E-state index contributed by atoms with van der Waals surface area (Å²) in [5.41, 5.74) is 1.76. The number of carboxylic acids is 1. The van der Waals surface area contributed by atoms with Crippen molar-refractivity contribution in [2.75, 3.05) is 6.54 Å². The van der Waals surface area contributed by atoms with Crippen molar-refractivity contribution in [2.24, 2.45) is 0 Å². The Morgan fingerprint density at radius 1 is 1.18 bits per heavy atom. The van der Waals surface area contributed by atoms with E-state index in [2.05, 4.69) is 0 Å². The fourth-order valence-corrected chi connectivity index (χ4v) is 2.32. The SMILES string of the molecule is O=C(O)CN1C(=O)/C(=C/c2ccco2)C=C1c1ccccc1. The molecule has 1 aliphatic rings. The van der Waals surface area contributed by atoms with E-state index < -0.39 is 5.97 Å². The summed E-state index contributed by atoms with van der Waals surface area (Å²) in [5.74, 6) is -0.865. The van der Waals surface area contributed by atoms with Crippen LogP contribution in [0.5, 0.6) is 0 Å². The normalized spacial score (nSPS) is 16.2. The molecule has 1 aromatic heterocycles. The van der Waals surface area contributed by atoms with Gasteiger partial charge in [-0.25, -0.2) is 0 Å². The Morgan fingerprint density at radius 3 is 2.59 bits per heavy atom. The predicted octanol–water partition coefficient (Wildman–Crippen LogP) is 2.63. The molecule has 3 rings (SSSR count). The van der Waals surface area contributed by atoms with Crippen LogP contribution in [-0.2, 0) is 9.59 Å². The summed E-state index contributed by atoms with van der Waals surface area (Å²) in [5, 5.41) is 9.04. The number of carbonyl (C=O) groups excluding carboxylic acids is 1. The first-order chi connectivity index (χ1) is 10.6. The third kappa shape index (κ3) is 2.69. The maximum absolute atomic E-state index is 12.5. The molecule has 0 aliphatic carbocycles. The van der Waals surface area contributed by atoms with E-state index in [9.17, 15) is 9.59 Å². The van der Waals surface area contributed by atoms with Gasteiger partial charge in [-0.2, -0.15) is 0 Å². The first kappa shape index (κ1) is 13.9. The number of rotatable bonds is 4. The first-order valence-electron chi connectivity index (χ1n) is 6.71. The van der Waals surface area contributed by atoms with Crippen LogP contribution in [0.25, 0.3) is 11.8 Å². The summed E-state index contributed by atoms with van der Waals surface area (Å²) in [4.78, 5) is 24.8. The maximum atomic E-state index is 12.5. The Labute approximate surface area is 126 Å². The molecule has 1 aliphatic heterocycles. The monoisotopic (exact) mass is 295 g/mol. The summed E-state index contributed by atoms with van der Waals surface area (Å²) in [6.45, 7) is -0.380. The molecule has 22 heavy (non-hydrogen) atoms. The van der Waals surface area contributed by atoms with E-state index in [1.54, 1.807) is 24.3 Å². The highest BCUT2D eigenvalue weighted by atomic mass is 16.4. The lowest BCUT2D eigenvalue weighted by Gasteiger charge is -2.18. The minimum absolute atomic E-state index is 0.349. The maximum Gasteiger partial charge on any atom is 0.323 e. The van der Waals surface area contributed by atoms with Gasteiger partial charge in [0.25, 0.3) is 5.91 Å². The van der Waals surface area contributed by atoms with Gasteiger partial charge in [0.1, 0.15) is 12.3 Å². The number of amides is 1. The van der Waals surface area contributed by atoms with Crippen molar-refractivity contribution in [1.82, 2.24) is 4.90 Å². The summed E-state index contributed by atoms with van der Waals surface area (Å²) < 4.78 is 5.21. The van der Waals surface area contributed by atoms with Gasteiger partial charge in [0.2, 0.25) is 0 Å². The van der Waals surface area contributed by atoms with E-state index in [4.69, 9.17) is 9.52 Å². The Morgan fingerprint density at radius 2 is 1.95 bits per heavy atom. The highest BCUT2D eigenvalue weighted by Crippen LogP contribution is 2.30.